The molecule has 0 radical (unpaired) electrons. The second kappa shape index (κ2) is 20.5. The monoisotopic (exact) mass is 661 g/mol. The number of unbranched alkanes of at least 4 members (excludes halogenated alkanes) is 1. The summed E-state index contributed by atoms with van der Waals surface area (Å²) >= 11 is 0. The Morgan fingerprint density at radius 1 is 1.07 bits per heavy atom. The molecule has 0 fully saturated rings. The minimum atomic E-state index is -1.39. The van der Waals surface area contributed by atoms with E-state index < -0.39 is 39.0 Å². The maximum atomic E-state index is 14.7. The number of ether oxygens (including phenoxy) is 1. The van der Waals surface area contributed by atoms with Gasteiger partial charge in [-0.1, -0.05) is 57.8 Å². The zero-order valence-corrected chi connectivity index (χ0v) is 28.9. The molecule has 9 nitrogen and oxygen atoms in total. The number of nitrogens with zero attached hydrogens (tertiary/aromatic N) is 1. The molecular weight excluding hydrogens is 612 g/mol. The van der Waals surface area contributed by atoms with Crippen molar-refractivity contribution in [1.82, 2.24) is 4.98 Å². The molecule has 1 aromatic heterocycles. The molecule has 0 aliphatic carbocycles. The van der Waals surface area contributed by atoms with Crippen molar-refractivity contribution in [2.75, 3.05) is 26.9 Å². The number of aliphatic hydroxyl groups excluding tert-OH is 2. The minimum absolute atomic E-state index is 0.0175. The summed E-state index contributed by atoms with van der Waals surface area (Å²) in [6.45, 7) is 13.5. The molecule has 0 saturated heterocycles. The van der Waals surface area contributed by atoms with Crippen LogP contribution in [-0.4, -0.2) is 65.4 Å². The number of pyridine rings is 1. The van der Waals surface area contributed by atoms with Crippen molar-refractivity contribution in [1.29, 1.82) is 0 Å². The Morgan fingerprint density at radius 2 is 1.74 bits per heavy atom. The molecule has 1 heterocycles. The lowest BCUT2D eigenvalue weighted by molar-refractivity contribution is -0.139. The molecule has 46 heavy (non-hydrogen) atoms. The molecule has 0 amide bonds. The molecule has 0 aliphatic heterocycles. The van der Waals surface area contributed by atoms with Crippen LogP contribution in [0.4, 0.5) is 4.39 Å². The molecule has 0 aliphatic rings. The van der Waals surface area contributed by atoms with Crippen molar-refractivity contribution < 1.29 is 42.8 Å². The highest BCUT2D eigenvalue weighted by molar-refractivity contribution is 7.41. The number of aliphatic carboxylic acids is 1. The van der Waals surface area contributed by atoms with E-state index in [0.29, 0.717) is 49.4 Å². The number of rotatable bonds is 19. The summed E-state index contributed by atoms with van der Waals surface area (Å²) in [6.07, 6.45) is 1.47. The lowest BCUT2D eigenvalue weighted by atomic mass is 9.85. The normalized spacial score (nSPS) is 13.1. The van der Waals surface area contributed by atoms with Gasteiger partial charge in [0.2, 0.25) is 0 Å². The van der Waals surface area contributed by atoms with Crippen LogP contribution in [0.25, 0.3) is 17.2 Å². The first-order valence-electron chi connectivity index (χ1n) is 15.7. The number of carbonyl (C=O) groups is 1. The third-order valence-electron chi connectivity index (χ3n) is 6.77. The van der Waals surface area contributed by atoms with E-state index in [4.69, 9.17) is 28.4 Å². The number of aromatic nitrogens is 1. The van der Waals surface area contributed by atoms with Gasteiger partial charge in [0.15, 0.2) is 0 Å². The summed E-state index contributed by atoms with van der Waals surface area (Å²) in [5.74, 6) is 4.78. The highest BCUT2D eigenvalue weighted by Gasteiger charge is 2.24. The standard InChI is InChI=1S/C35H49FNO8P/c1-8-43-46(44-9-2)45-18-12-10-11-13-25-19-26(36)14-16-29(25)33-30(17-15-27(38)20-28(39)21-32(40)41)34(23(3)4)37-35(24(5)6)31(33)22-42-7/h14-17,19,23-24,27-28,38-39H,8-10,12,18,20-22H2,1-7H3,(H,40,41)/b17-15+/t27-,28-/m1/s1. The average Bonchev–Trinajstić information content (AvgIpc) is 2.97. The fraction of sp³-hybridized carbons (Fsp3) is 0.543. The van der Waals surface area contributed by atoms with E-state index in [1.807, 2.05) is 27.7 Å². The van der Waals surface area contributed by atoms with Crippen LogP contribution in [0.5, 0.6) is 0 Å². The van der Waals surface area contributed by atoms with Gasteiger partial charge in [-0.25, -0.2) is 4.39 Å². The first kappa shape index (κ1) is 39.4. The largest absolute Gasteiger partial charge is 0.481 e. The first-order valence-corrected chi connectivity index (χ1v) is 16.8. The lowest BCUT2D eigenvalue weighted by Crippen LogP contribution is -2.19. The molecule has 0 bridgehead atoms. The van der Waals surface area contributed by atoms with Crippen LogP contribution in [0.3, 0.4) is 0 Å². The predicted octanol–water partition coefficient (Wildman–Crippen LogP) is 7.33. The Kier molecular flexibility index (Phi) is 17.6. The molecular formula is C35H49FNO8P. The number of halogens is 1. The van der Waals surface area contributed by atoms with Gasteiger partial charge >= 0.3 is 14.6 Å². The topological polar surface area (TPSA) is 128 Å². The maximum absolute atomic E-state index is 14.7. The van der Waals surface area contributed by atoms with Crippen LogP contribution in [0, 0.1) is 17.7 Å². The summed E-state index contributed by atoms with van der Waals surface area (Å²) in [7, 11) is 0.210. The van der Waals surface area contributed by atoms with Crippen molar-refractivity contribution in [3.8, 4) is 23.0 Å². The van der Waals surface area contributed by atoms with Crippen LogP contribution < -0.4 is 0 Å². The number of carboxylic acids is 1. The smallest absolute Gasteiger partial charge is 0.332 e. The second-order valence-corrected chi connectivity index (χ2v) is 12.5. The highest BCUT2D eigenvalue weighted by atomic mass is 31.2. The molecule has 11 heteroatoms. The second-order valence-electron chi connectivity index (χ2n) is 11.3. The van der Waals surface area contributed by atoms with E-state index in [2.05, 4.69) is 25.7 Å². The number of hydrogen-bond acceptors (Lipinski definition) is 8. The summed E-state index contributed by atoms with van der Waals surface area (Å²) < 4.78 is 37.0. The van der Waals surface area contributed by atoms with E-state index in [9.17, 15) is 19.4 Å². The zero-order chi connectivity index (χ0) is 34.2. The molecule has 0 saturated carbocycles. The summed E-state index contributed by atoms with van der Waals surface area (Å²) in [5, 5.41) is 29.8. The van der Waals surface area contributed by atoms with Crippen LogP contribution in [-0.2, 0) is 29.7 Å². The Hall–Kier alpha value is -2.74. The minimum Gasteiger partial charge on any atom is -0.481 e. The molecule has 2 atom stereocenters. The van der Waals surface area contributed by atoms with Gasteiger partial charge in [0, 0.05) is 42.3 Å². The van der Waals surface area contributed by atoms with Gasteiger partial charge in [-0.15, -0.1) is 0 Å². The van der Waals surface area contributed by atoms with Crippen molar-refractivity contribution in [3.05, 3.63) is 58.2 Å². The Bertz CT molecular complexity index is 1350. The maximum Gasteiger partial charge on any atom is 0.332 e. The van der Waals surface area contributed by atoms with Gasteiger partial charge < -0.3 is 33.6 Å². The van der Waals surface area contributed by atoms with Gasteiger partial charge in [0.1, 0.15) is 5.82 Å². The van der Waals surface area contributed by atoms with Gasteiger partial charge in [0.05, 0.1) is 50.8 Å². The third kappa shape index (κ3) is 12.5. The summed E-state index contributed by atoms with van der Waals surface area (Å²) in [5.41, 5.74) is 5.10. The number of benzene rings is 1. The quantitative estimate of drug-likeness (QED) is 0.0806. The molecule has 2 aromatic rings. The predicted molar refractivity (Wildman–Crippen MR) is 179 cm³/mol. The van der Waals surface area contributed by atoms with Crippen LogP contribution in [0.15, 0.2) is 24.3 Å². The molecule has 254 valence electrons. The molecule has 3 N–H and O–H groups in total. The fourth-order valence-electron chi connectivity index (χ4n) is 4.83. The average molecular weight is 662 g/mol. The van der Waals surface area contributed by atoms with E-state index in [0.717, 1.165) is 22.5 Å². The Morgan fingerprint density at radius 3 is 2.33 bits per heavy atom. The molecule has 2 rings (SSSR count). The van der Waals surface area contributed by atoms with Crippen molar-refractivity contribution in [3.63, 3.8) is 0 Å². The van der Waals surface area contributed by atoms with Crippen molar-refractivity contribution in [2.45, 2.75) is 97.9 Å². The Balaban J connectivity index is 2.63. The third-order valence-corrected chi connectivity index (χ3v) is 8.11. The SMILES string of the molecule is CCOP(OCC)OCCCC#Cc1cc(F)ccc1-c1c(/C=C/[C@@H](O)C[C@@H](O)CC(=O)O)c(C(C)C)nc(C(C)C)c1COC. The number of aliphatic hydroxyl groups is 2. The fourth-order valence-corrected chi connectivity index (χ4v) is 5.75. The summed E-state index contributed by atoms with van der Waals surface area (Å²) in [4.78, 5) is 16.1. The van der Waals surface area contributed by atoms with E-state index in [1.54, 1.807) is 19.3 Å². The summed E-state index contributed by atoms with van der Waals surface area (Å²) in [6, 6.07) is 4.50. The number of methoxy groups -OCH3 is 1. The van der Waals surface area contributed by atoms with Crippen LogP contribution >= 0.6 is 8.60 Å². The number of carboxylic acid groups (broad SMARTS) is 1. The molecule has 0 unspecified atom stereocenters. The zero-order valence-electron chi connectivity index (χ0n) is 28.0. The van der Waals surface area contributed by atoms with Crippen molar-refractivity contribution in [2.24, 2.45) is 0 Å². The first-order chi connectivity index (χ1) is 21.9. The van der Waals surface area contributed by atoms with Gasteiger partial charge in [-0.2, -0.15) is 0 Å². The van der Waals surface area contributed by atoms with E-state index in [1.165, 1.54) is 18.2 Å². The molecule has 1 aromatic carbocycles. The van der Waals surface area contributed by atoms with Gasteiger partial charge in [-0.3, -0.25) is 9.78 Å². The van der Waals surface area contributed by atoms with E-state index in [-0.39, 0.29) is 24.9 Å². The van der Waals surface area contributed by atoms with Gasteiger partial charge in [-0.05, 0) is 55.4 Å². The highest BCUT2D eigenvalue weighted by Crippen LogP contribution is 2.40. The van der Waals surface area contributed by atoms with Crippen molar-refractivity contribution >= 4 is 20.6 Å². The molecule has 0 spiro atoms. The Labute approximate surface area is 274 Å². The van der Waals surface area contributed by atoms with E-state index >= 15 is 0 Å². The number of hydrogen-bond donors (Lipinski definition) is 3. The van der Waals surface area contributed by atoms with Crippen LogP contribution in [0.1, 0.15) is 107 Å². The lowest BCUT2D eigenvalue weighted by Gasteiger charge is -2.24. The van der Waals surface area contributed by atoms with Crippen LogP contribution in [0.2, 0.25) is 0 Å². The van der Waals surface area contributed by atoms with Gasteiger partial charge in [0.25, 0.3) is 0 Å².